The van der Waals surface area contributed by atoms with Crippen molar-refractivity contribution in [3.05, 3.63) is 35.8 Å². The molecule has 2 aromatic rings. The largest absolute Gasteiger partial charge is 0.366 e. The lowest BCUT2D eigenvalue weighted by atomic mass is 10.2. The molecule has 18 heavy (non-hydrogen) atoms. The van der Waals surface area contributed by atoms with Gasteiger partial charge in [0, 0.05) is 23.8 Å². The van der Waals surface area contributed by atoms with Crippen molar-refractivity contribution in [3.63, 3.8) is 0 Å². The maximum absolute atomic E-state index is 13.2. The molecule has 1 aromatic carbocycles. The molecule has 0 unspecified atom stereocenters. The molecule has 2 rings (SSSR count). The van der Waals surface area contributed by atoms with E-state index in [1.807, 2.05) is 17.9 Å². The summed E-state index contributed by atoms with van der Waals surface area (Å²) >= 11 is 1.20. The number of halogens is 1. The van der Waals surface area contributed by atoms with Crippen LogP contribution in [-0.2, 0) is 6.54 Å². The number of benzene rings is 1. The van der Waals surface area contributed by atoms with Crippen LogP contribution < -0.4 is 16.2 Å². The number of nitrogens with two attached hydrogens (primary N) is 1. The van der Waals surface area contributed by atoms with Crippen LogP contribution in [-0.4, -0.2) is 16.1 Å². The Morgan fingerprint density at radius 3 is 3.00 bits per heavy atom. The lowest BCUT2D eigenvalue weighted by molar-refractivity contribution is 0.626. The summed E-state index contributed by atoms with van der Waals surface area (Å²) in [5, 5.41) is 4.74. The van der Waals surface area contributed by atoms with E-state index < -0.39 is 0 Å². The summed E-state index contributed by atoms with van der Waals surface area (Å²) in [5.41, 5.74) is 4.13. The fourth-order valence-electron chi connectivity index (χ4n) is 1.66. The van der Waals surface area contributed by atoms with Gasteiger partial charge in [-0.05, 0) is 25.1 Å². The molecule has 1 aromatic heterocycles. The van der Waals surface area contributed by atoms with Crippen LogP contribution in [0.5, 0.6) is 0 Å². The molecular weight excluding hydrogens is 253 g/mol. The van der Waals surface area contributed by atoms with Gasteiger partial charge in [-0.25, -0.2) is 10.2 Å². The van der Waals surface area contributed by atoms with Crippen molar-refractivity contribution in [2.45, 2.75) is 13.5 Å². The van der Waals surface area contributed by atoms with Gasteiger partial charge in [0.2, 0.25) is 0 Å². The number of anilines is 2. The predicted octanol–water partition coefficient (Wildman–Crippen LogP) is 1.99. The smallest absolute Gasteiger partial charge is 0.149 e. The zero-order valence-corrected chi connectivity index (χ0v) is 10.7. The first-order chi connectivity index (χ1) is 8.74. The van der Waals surface area contributed by atoms with Gasteiger partial charge in [0.05, 0.1) is 6.54 Å². The van der Waals surface area contributed by atoms with Gasteiger partial charge in [-0.3, -0.25) is 0 Å². The minimum Gasteiger partial charge on any atom is -0.366 e. The molecule has 3 N–H and O–H groups in total. The van der Waals surface area contributed by atoms with Crippen molar-refractivity contribution < 1.29 is 4.39 Å². The fraction of sp³-hybridized carbons (Fsp3) is 0.273. The third-order valence-corrected chi connectivity index (χ3v) is 3.28. The molecule has 0 radical (unpaired) electrons. The summed E-state index contributed by atoms with van der Waals surface area (Å²) in [6.45, 7) is 3.28. The number of nitrogen functional groups attached to an aromatic ring is 1. The minimum atomic E-state index is -0.250. The van der Waals surface area contributed by atoms with Crippen LogP contribution in [0.2, 0.25) is 0 Å². The summed E-state index contributed by atoms with van der Waals surface area (Å²) in [5.74, 6) is 5.13. The van der Waals surface area contributed by atoms with Gasteiger partial charge in [0.25, 0.3) is 0 Å². The van der Waals surface area contributed by atoms with E-state index in [-0.39, 0.29) is 5.82 Å². The van der Waals surface area contributed by atoms with Gasteiger partial charge in [0.1, 0.15) is 16.5 Å². The monoisotopic (exact) mass is 267 g/mol. The maximum atomic E-state index is 13.2. The van der Waals surface area contributed by atoms with Gasteiger partial charge in [-0.2, -0.15) is 0 Å². The molecule has 0 bridgehead atoms. The molecule has 1 heterocycles. The van der Waals surface area contributed by atoms with Crippen LogP contribution in [0.1, 0.15) is 12.6 Å². The van der Waals surface area contributed by atoms with Crippen LogP contribution in [0.3, 0.4) is 0 Å². The fourth-order valence-corrected chi connectivity index (χ4v) is 2.15. The van der Waals surface area contributed by atoms with Crippen molar-refractivity contribution in [2.24, 2.45) is 5.84 Å². The Morgan fingerprint density at radius 1 is 1.50 bits per heavy atom. The molecule has 0 fully saturated rings. The lowest BCUT2D eigenvalue weighted by Gasteiger charge is -2.22. The third kappa shape index (κ3) is 2.74. The van der Waals surface area contributed by atoms with Gasteiger partial charge in [0.15, 0.2) is 0 Å². The molecule has 0 saturated heterocycles. The standard InChI is InChI=1S/C11H14FN5S/c1-2-17(9-5-3-4-8(12)6-9)7-10-11(14-13)18-16-15-10/h3-6,14H,2,7,13H2,1H3. The number of hydrogen-bond acceptors (Lipinski definition) is 6. The molecule has 0 aliphatic heterocycles. The highest BCUT2D eigenvalue weighted by molar-refractivity contribution is 7.10. The van der Waals surface area contributed by atoms with E-state index in [1.54, 1.807) is 6.07 Å². The average Bonchev–Trinajstić information content (AvgIpc) is 2.83. The van der Waals surface area contributed by atoms with E-state index in [4.69, 9.17) is 5.84 Å². The first-order valence-electron chi connectivity index (χ1n) is 5.53. The molecular formula is C11H14FN5S. The van der Waals surface area contributed by atoms with E-state index in [2.05, 4.69) is 15.0 Å². The lowest BCUT2D eigenvalue weighted by Crippen LogP contribution is -2.23. The number of aromatic nitrogens is 2. The van der Waals surface area contributed by atoms with E-state index in [1.165, 1.54) is 23.7 Å². The Hall–Kier alpha value is -1.73. The summed E-state index contributed by atoms with van der Waals surface area (Å²) in [4.78, 5) is 2.00. The Labute approximate surface area is 109 Å². The van der Waals surface area contributed by atoms with Gasteiger partial charge in [-0.1, -0.05) is 10.6 Å². The molecule has 0 atom stereocenters. The van der Waals surface area contributed by atoms with E-state index >= 15 is 0 Å². The highest BCUT2D eigenvalue weighted by atomic mass is 32.1. The third-order valence-electron chi connectivity index (χ3n) is 2.58. The Morgan fingerprint density at radius 2 is 2.33 bits per heavy atom. The predicted molar refractivity (Wildman–Crippen MR) is 70.8 cm³/mol. The first-order valence-corrected chi connectivity index (χ1v) is 6.30. The Bertz CT molecular complexity index is 516. The first kappa shape index (κ1) is 12.7. The molecule has 0 spiro atoms. The van der Waals surface area contributed by atoms with Crippen LogP contribution in [0, 0.1) is 5.82 Å². The number of hydrogen-bond donors (Lipinski definition) is 2. The molecule has 0 saturated carbocycles. The molecule has 96 valence electrons. The minimum absolute atomic E-state index is 0.250. The molecule has 0 amide bonds. The topological polar surface area (TPSA) is 67.1 Å². The van der Waals surface area contributed by atoms with Crippen molar-refractivity contribution >= 4 is 22.2 Å². The maximum Gasteiger partial charge on any atom is 0.149 e. The van der Waals surface area contributed by atoms with Gasteiger partial charge >= 0.3 is 0 Å². The number of hydrazine groups is 1. The van der Waals surface area contributed by atoms with Crippen molar-refractivity contribution in [1.82, 2.24) is 9.59 Å². The second-order valence-electron chi connectivity index (χ2n) is 3.69. The quantitative estimate of drug-likeness (QED) is 0.640. The van der Waals surface area contributed by atoms with Crippen molar-refractivity contribution in [3.8, 4) is 0 Å². The number of nitrogens with zero attached hydrogens (tertiary/aromatic N) is 3. The second kappa shape index (κ2) is 5.74. The molecule has 7 heteroatoms. The average molecular weight is 267 g/mol. The van der Waals surface area contributed by atoms with E-state index in [0.29, 0.717) is 6.54 Å². The zero-order valence-electron chi connectivity index (χ0n) is 9.93. The Kier molecular flexibility index (Phi) is 4.06. The number of nitrogens with one attached hydrogen (secondary N) is 1. The summed E-state index contributed by atoms with van der Waals surface area (Å²) in [6, 6.07) is 6.48. The molecule has 5 nitrogen and oxygen atoms in total. The molecule has 0 aliphatic carbocycles. The van der Waals surface area contributed by atoms with Crippen LogP contribution in [0.15, 0.2) is 24.3 Å². The van der Waals surface area contributed by atoms with Crippen molar-refractivity contribution in [2.75, 3.05) is 16.9 Å². The zero-order chi connectivity index (χ0) is 13.0. The van der Waals surface area contributed by atoms with Gasteiger partial charge in [-0.15, -0.1) is 5.10 Å². The van der Waals surface area contributed by atoms with Crippen molar-refractivity contribution in [1.29, 1.82) is 0 Å². The van der Waals surface area contributed by atoms with Crippen LogP contribution in [0.25, 0.3) is 0 Å². The highest BCUT2D eigenvalue weighted by Gasteiger charge is 2.12. The molecule has 0 aliphatic rings. The van der Waals surface area contributed by atoms with E-state index in [0.717, 1.165) is 22.9 Å². The van der Waals surface area contributed by atoms with Crippen LogP contribution in [0.4, 0.5) is 15.1 Å². The van der Waals surface area contributed by atoms with Crippen LogP contribution >= 0.6 is 11.5 Å². The second-order valence-corrected chi connectivity index (χ2v) is 4.44. The summed E-state index contributed by atoms with van der Waals surface area (Å²) in [6.07, 6.45) is 0. The number of rotatable bonds is 5. The van der Waals surface area contributed by atoms with E-state index in [9.17, 15) is 4.39 Å². The van der Waals surface area contributed by atoms with Gasteiger partial charge < -0.3 is 10.3 Å². The summed E-state index contributed by atoms with van der Waals surface area (Å²) in [7, 11) is 0. The Balaban J connectivity index is 2.20. The summed E-state index contributed by atoms with van der Waals surface area (Å²) < 4.78 is 17.0. The SMILES string of the molecule is CCN(Cc1nnsc1NN)c1cccc(F)c1. The highest BCUT2D eigenvalue weighted by Crippen LogP contribution is 2.22. The normalized spacial score (nSPS) is 10.4.